The van der Waals surface area contributed by atoms with Crippen LogP contribution in [0.5, 0.6) is 0 Å². The molecular weight excluding hydrogens is 390 g/mol. The van der Waals surface area contributed by atoms with Crippen LogP contribution in [0.3, 0.4) is 0 Å². The molecule has 29 heavy (non-hydrogen) atoms. The zero-order valence-electron chi connectivity index (χ0n) is 16.6. The number of carbonyl (C=O) groups is 1. The van der Waals surface area contributed by atoms with Gasteiger partial charge in [-0.3, -0.25) is 10.2 Å². The molecule has 2 N–H and O–H groups in total. The minimum absolute atomic E-state index is 0.140. The fourth-order valence-corrected chi connectivity index (χ4v) is 4.55. The van der Waals surface area contributed by atoms with E-state index in [0.29, 0.717) is 30.3 Å². The normalized spacial score (nSPS) is 15.7. The molecule has 3 rings (SSSR count). The number of nitrogens with one attached hydrogen (secondary N) is 2. The van der Waals surface area contributed by atoms with E-state index in [1.54, 1.807) is 18.2 Å². The minimum atomic E-state index is -3.50. The average Bonchev–Trinajstić information content (AvgIpc) is 2.72. The second-order valence-electron chi connectivity index (χ2n) is 6.91. The highest BCUT2D eigenvalue weighted by Crippen LogP contribution is 2.20. The predicted octanol–water partition coefficient (Wildman–Crippen LogP) is 3.05. The number of sulfonamides is 1. The number of piperidine rings is 1. The predicted molar refractivity (Wildman–Crippen MR) is 113 cm³/mol. The molecule has 2 aromatic rings. The molecule has 1 saturated heterocycles. The van der Waals surface area contributed by atoms with Crippen molar-refractivity contribution in [2.24, 2.45) is 5.10 Å². The van der Waals surface area contributed by atoms with Gasteiger partial charge in [0.2, 0.25) is 15.9 Å². The van der Waals surface area contributed by atoms with Crippen LogP contribution in [0.2, 0.25) is 0 Å². The van der Waals surface area contributed by atoms with Gasteiger partial charge < -0.3 is 5.32 Å². The third-order valence-electron chi connectivity index (χ3n) is 4.63. The summed E-state index contributed by atoms with van der Waals surface area (Å²) >= 11 is 0. The van der Waals surface area contributed by atoms with Gasteiger partial charge in [0.25, 0.3) is 0 Å². The SMILES string of the molecule is CC(=O)Nc1cccc(/C(C)=N/Nc2ccc(S(=O)(=O)N3CCCCC3)cn2)c1. The fourth-order valence-electron chi connectivity index (χ4n) is 3.08. The molecule has 1 fully saturated rings. The number of rotatable bonds is 6. The van der Waals surface area contributed by atoms with Crippen molar-refractivity contribution in [2.45, 2.75) is 38.0 Å². The Morgan fingerprint density at radius 2 is 1.86 bits per heavy atom. The van der Waals surface area contributed by atoms with E-state index in [1.165, 1.54) is 17.4 Å². The second kappa shape index (κ2) is 9.15. The van der Waals surface area contributed by atoms with Crippen LogP contribution in [-0.4, -0.2) is 42.4 Å². The molecule has 0 aliphatic carbocycles. The zero-order valence-corrected chi connectivity index (χ0v) is 17.4. The van der Waals surface area contributed by atoms with E-state index in [4.69, 9.17) is 0 Å². The van der Waals surface area contributed by atoms with Gasteiger partial charge in [0.1, 0.15) is 10.7 Å². The third kappa shape index (κ3) is 5.39. The van der Waals surface area contributed by atoms with Crippen molar-refractivity contribution >= 4 is 33.1 Å². The molecule has 1 amide bonds. The number of hydrogen-bond donors (Lipinski definition) is 2. The van der Waals surface area contributed by atoms with Crippen LogP contribution < -0.4 is 10.7 Å². The molecule has 8 nitrogen and oxygen atoms in total. The smallest absolute Gasteiger partial charge is 0.244 e. The lowest BCUT2D eigenvalue weighted by atomic mass is 10.1. The maximum atomic E-state index is 12.7. The highest BCUT2D eigenvalue weighted by atomic mass is 32.2. The Hall–Kier alpha value is -2.78. The standard InChI is InChI=1S/C20H25N5O3S/c1-15(17-7-6-8-18(13-17)22-16(2)26)23-24-20-10-9-19(14-21-20)29(27,28)25-11-4-3-5-12-25/h6-10,13-14H,3-5,11-12H2,1-2H3,(H,21,24)(H,22,26)/b23-15+. The molecule has 0 saturated carbocycles. The van der Waals surface area contributed by atoms with Crippen molar-refractivity contribution in [3.8, 4) is 0 Å². The lowest BCUT2D eigenvalue weighted by Crippen LogP contribution is -2.35. The van der Waals surface area contributed by atoms with Crippen molar-refractivity contribution in [1.29, 1.82) is 0 Å². The Balaban J connectivity index is 1.69. The maximum Gasteiger partial charge on any atom is 0.244 e. The van der Waals surface area contributed by atoms with Crippen molar-refractivity contribution in [3.63, 3.8) is 0 Å². The summed E-state index contributed by atoms with van der Waals surface area (Å²) in [6, 6.07) is 10.5. The summed E-state index contributed by atoms with van der Waals surface area (Å²) in [5.74, 6) is 0.304. The van der Waals surface area contributed by atoms with Crippen LogP contribution in [0, 0.1) is 0 Å². The summed E-state index contributed by atoms with van der Waals surface area (Å²) in [5, 5.41) is 7.03. The zero-order chi connectivity index (χ0) is 20.9. The Labute approximate surface area is 171 Å². The molecule has 0 unspecified atom stereocenters. The highest BCUT2D eigenvalue weighted by molar-refractivity contribution is 7.89. The van der Waals surface area contributed by atoms with E-state index >= 15 is 0 Å². The molecule has 0 radical (unpaired) electrons. The molecule has 1 aromatic carbocycles. The number of hydrazone groups is 1. The molecule has 1 aliphatic heterocycles. The first-order chi connectivity index (χ1) is 13.9. The Morgan fingerprint density at radius 1 is 1.10 bits per heavy atom. The largest absolute Gasteiger partial charge is 0.326 e. The Bertz CT molecular complexity index is 997. The van der Waals surface area contributed by atoms with Crippen LogP contribution in [0.25, 0.3) is 0 Å². The minimum Gasteiger partial charge on any atom is -0.326 e. The van der Waals surface area contributed by atoms with Gasteiger partial charge in [0, 0.05) is 31.9 Å². The van der Waals surface area contributed by atoms with Crippen molar-refractivity contribution in [1.82, 2.24) is 9.29 Å². The highest BCUT2D eigenvalue weighted by Gasteiger charge is 2.26. The first-order valence-corrected chi connectivity index (χ1v) is 10.9. The van der Waals surface area contributed by atoms with E-state index in [1.807, 2.05) is 25.1 Å². The van der Waals surface area contributed by atoms with Gasteiger partial charge in [-0.15, -0.1) is 0 Å². The molecule has 1 aromatic heterocycles. The summed E-state index contributed by atoms with van der Waals surface area (Å²) < 4.78 is 26.9. The van der Waals surface area contributed by atoms with E-state index in [2.05, 4.69) is 20.8 Å². The molecule has 0 spiro atoms. The molecule has 2 heterocycles. The molecule has 1 aliphatic rings. The Morgan fingerprint density at radius 3 is 2.52 bits per heavy atom. The van der Waals surface area contributed by atoms with Crippen LogP contribution in [0.15, 0.2) is 52.6 Å². The van der Waals surface area contributed by atoms with Gasteiger partial charge in [-0.25, -0.2) is 13.4 Å². The average molecular weight is 416 g/mol. The number of amides is 1. The first kappa shape index (κ1) is 20.9. The number of carbonyl (C=O) groups excluding carboxylic acids is 1. The summed E-state index contributed by atoms with van der Waals surface area (Å²) in [5.41, 5.74) is 5.07. The summed E-state index contributed by atoms with van der Waals surface area (Å²) in [4.78, 5) is 15.6. The first-order valence-electron chi connectivity index (χ1n) is 9.51. The van der Waals surface area contributed by atoms with E-state index < -0.39 is 10.0 Å². The van der Waals surface area contributed by atoms with Crippen molar-refractivity contribution in [3.05, 3.63) is 48.2 Å². The molecule has 0 atom stereocenters. The van der Waals surface area contributed by atoms with E-state index in [9.17, 15) is 13.2 Å². The topological polar surface area (TPSA) is 104 Å². The van der Waals surface area contributed by atoms with Gasteiger partial charge in [0.15, 0.2) is 0 Å². The quantitative estimate of drug-likeness (QED) is 0.557. The molecule has 0 bridgehead atoms. The number of hydrogen-bond acceptors (Lipinski definition) is 6. The van der Waals surface area contributed by atoms with E-state index in [-0.39, 0.29) is 10.8 Å². The number of anilines is 2. The number of aromatic nitrogens is 1. The van der Waals surface area contributed by atoms with Gasteiger partial charge >= 0.3 is 0 Å². The van der Waals surface area contributed by atoms with Gasteiger partial charge in [0.05, 0.1) is 5.71 Å². The molecular formula is C20H25N5O3S. The molecule has 9 heteroatoms. The second-order valence-corrected chi connectivity index (χ2v) is 8.85. The third-order valence-corrected chi connectivity index (χ3v) is 6.51. The van der Waals surface area contributed by atoms with Gasteiger partial charge in [-0.2, -0.15) is 9.41 Å². The number of nitrogens with zero attached hydrogens (tertiary/aromatic N) is 3. The van der Waals surface area contributed by atoms with Gasteiger partial charge in [-0.05, 0) is 49.6 Å². The van der Waals surface area contributed by atoms with Crippen LogP contribution in [0.4, 0.5) is 11.5 Å². The maximum absolute atomic E-state index is 12.7. The van der Waals surface area contributed by atoms with E-state index in [0.717, 1.165) is 24.8 Å². The summed E-state index contributed by atoms with van der Waals surface area (Å²) in [6.07, 6.45) is 4.21. The number of pyridine rings is 1. The van der Waals surface area contributed by atoms with Crippen LogP contribution >= 0.6 is 0 Å². The van der Waals surface area contributed by atoms with Crippen molar-refractivity contribution in [2.75, 3.05) is 23.8 Å². The van der Waals surface area contributed by atoms with Crippen molar-refractivity contribution < 1.29 is 13.2 Å². The molecule has 154 valence electrons. The van der Waals surface area contributed by atoms with Crippen LogP contribution in [-0.2, 0) is 14.8 Å². The lowest BCUT2D eigenvalue weighted by Gasteiger charge is -2.25. The lowest BCUT2D eigenvalue weighted by molar-refractivity contribution is -0.114. The summed E-state index contributed by atoms with van der Waals surface area (Å²) in [6.45, 7) is 4.40. The van der Waals surface area contributed by atoms with Crippen LogP contribution in [0.1, 0.15) is 38.7 Å². The monoisotopic (exact) mass is 415 g/mol. The Kier molecular flexibility index (Phi) is 6.60. The summed E-state index contributed by atoms with van der Waals surface area (Å²) in [7, 11) is -3.50. The number of benzene rings is 1. The van der Waals surface area contributed by atoms with Gasteiger partial charge in [-0.1, -0.05) is 18.6 Å². The fraction of sp³-hybridized carbons (Fsp3) is 0.350.